The molecule has 4 heteroatoms. The molecule has 14 heavy (non-hydrogen) atoms. The van der Waals surface area contributed by atoms with E-state index in [4.69, 9.17) is 34.8 Å². The summed E-state index contributed by atoms with van der Waals surface area (Å²) >= 11 is 16.8. The van der Waals surface area contributed by atoms with E-state index in [-0.39, 0.29) is 12.2 Å². The van der Waals surface area contributed by atoms with Crippen molar-refractivity contribution in [2.24, 2.45) is 0 Å². The molecule has 0 aromatic heterocycles. The molecule has 0 aliphatic rings. The minimum Gasteiger partial charge on any atom is -0.207 e. The molecule has 0 nitrogen and oxygen atoms in total. The highest BCUT2D eigenvalue weighted by molar-refractivity contribution is 6.67. The van der Waals surface area contributed by atoms with E-state index in [0.717, 1.165) is 5.56 Å². The van der Waals surface area contributed by atoms with Gasteiger partial charge in [0.15, 0.2) is 3.79 Å². The maximum atomic E-state index is 12.6. The van der Waals surface area contributed by atoms with Gasteiger partial charge in [0.2, 0.25) is 0 Å². The third-order valence-electron chi connectivity index (χ3n) is 1.67. The predicted molar refractivity (Wildman–Crippen MR) is 60.3 cm³/mol. The molecule has 0 bridgehead atoms. The van der Waals surface area contributed by atoms with Crippen LogP contribution in [-0.2, 0) is 0 Å². The summed E-state index contributed by atoms with van der Waals surface area (Å²) in [6.45, 7) is 3.76. The summed E-state index contributed by atoms with van der Waals surface area (Å²) in [5.74, 6) is -0.296. The molecule has 0 unspecified atom stereocenters. The van der Waals surface area contributed by atoms with Gasteiger partial charge in [0.05, 0.1) is 0 Å². The van der Waals surface area contributed by atoms with Crippen LogP contribution in [0.2, 0.25) is 0 Å². The van der Waals surface area contributed by atoms with Crippen LogP contribution < -0.4 is 0 Å². The van der Waals surface area contributed by atoms with Crippen LogP contribution in [0.1, 0.15) is 12.0 Å². The Morgan fingerprint density at radius 2 is 1.71 bits per heavy atom. The number of allylic oxidation sites excluding steroid dienone is 1. The fourth-order valence-corrected chi connectivity index (χ4v) is 1.51. The van der Waals surface area contributed by atoms with Gasteiger partial charge in [-0.3, -0.25) is 0 Å². The van der Waals surface area contributed by atoms with Crippen molar-refractivity contribution in [3.05, 3.63) is 42.2 Å². The number of alkyl halides is 3. The summed E-state index contributed by atoms with van der Waals surface area (Å²) in [7, 11) is 0. The highest BCUT2D eigenvalue weighted by Gasteiger charge is 2.21. The average molecular weight is 254 g/mol. The van der Waals surface area contributed by atoms with E-state index < -0.39 is 3.79 Å². The second-order valence-corrected chi connectivity index (χ2v) is 5.42. The summed E-state index contributed by atoms with van der Waals surface area (Å²) < 4.78 is 11.2. The van der Waals surface area contributed by atoms with Gasteiger partial charge >= 0.3 is 0 Å². The highest BCUT2D eigenvalue weighted by atomic mass is 35.6. The highest BCUT2D eigenvalue weighted by Crippen LogP contribution is 2.35. The molecule has 1 aromatic carbocycles. The maximum absolute atomic E-state index is 12.6. The summed E-state index contributed by atoms with van der Waals surface area (Å²) in [6.07, 6.45) is 0.225. The second-order valence-electron chi connectivity index (χ2n) is 2.90. The van der Waals surface area contributed by atoms with E-state index in [1.165, 1.54) is 12.1 Å². The Balaban J connectivity index is 2.76. The minimum atomic E-state index is -1.36. The Morgan fingerprint density at radius 3 is 2.14 bits per heavy atom. The molecule has 0 fully saturated rings. The van der Waals surface area contributed by atoms with Gasteiger partial charge in [0, 0.05) is 6.42 Å². The van der Waals surface area contributed by atoms with Crippen molar-refractivity contribution in [3.63, 3.8) is 0 Å². The van der Waals surface area contributed by atoms with Crippen LogP contribution in [0.4, 0.5) is 4.39 Å². The average Bonchev–Trinajstić information content (AvgIpc) is 2.02. The molecule has 0 atom stereocenters. The van der Waals surface area contributed by atoms with Gasteiger partial charge in [-0.05, 0) is 23.3 Å². The molecular weight excluding hydrogens is 245 g/mol. The van der Waals surface area contributed by atoms with E-state index in [1.54, 1.807) is 12.1 Å². The fraction of sp³-hybridized carbons (Fsp3) is 0.200. The van der Waals surface area contributed by atoms with Crippen LogP contribution in [0.3, 0.4) is 0 Å². The SMILES string of the molecule is C=C(CC(Cl)(Cl)Cl)c1ccc(F)cc1. The summed E-state index contributed by atoms with van der Waals surface area (Å²) in [6, 6.07) is 5.90. The van der Waals surface area contributed by atoms with Crippen molar-refractivity contribution in [3.8, 4) is 0 Å². The number of hydrogen-bond donors (Lipinski definition) is 0. The van der Waals surface area contributed by atoms with Crippen molar-refractivity contribution in [2.75, 3.05) is 0 Å². The molecule has 0 heterocycles. The minimum absolute atomic E-state index is 0.225. The molecule has 0 radical (unpaired) electrons. The summed E-state index contributed by atoms with van der Waals surface area (Å²) in [5.41, 5.74) is 1.45. The van der Waals surface area contributed by atoms with Crippen LogP contribution in [0.25, 0.3) is 5.57 Å². The quantitative estimate of drug-likeness (QED) is 0.676. The lowest BCUT2D eigenvalue weighted by molar-refractivity contribution is 0.627. The van der Waals surface area contributed by atoms with Crippen molar-refractivity contribution in [1.82, 2.24) is 0 Å². The van der Waals surface area contributed by atoms with Gasteiger partial charge in [0.25, 0.3) is 0 Å². The molecular formula is C10H8Cl3F. The smallest absolute Gasteiger partial charge is 0.194 e. The zero-order valence-corrected chi connectivity index (χ0v) is 9.50. The zero-order chi connectivity index (χ0) is 10.8. The number of hydrogen-bond acceptors (Lipinski definition) is 0. The number of benzene rings is 1. The molecule has 0 saturated carbocycles. The first kappa shape index (κ1) is 11.8. The first-order valence-electron chi connectivity index (χ1n) is 3.89. The molecule has 0 amide bonds. The van der Waals surface area contributed by atoms with Crippen LogP contribution >= 0.6 is 34.8 Å². The molecule has 0 N–H and O–H groups in total. The first-order valence-corrected chi connectivity index (χ1v) is 5.02. The lowest BCUT2D eigenvalue weighted by Gasteiger charge is -2.12. The lowest BCUT2D eigenvalue weighted by atomic mass is 10.1. The molecule has 0 aliphatic heterocycles. The predicted octanol–water partition coefficient (Wildman–Crippen LogP) is 4.60. The van der Waals surface area contributed by atoms with Crippen molar-refractivity contribution in [1.29, 1.82) is 0 Å². The van der Waals surface area contributed by atoms with E-state index in [0.29, 0.717) is 5.57 Å². The molecule has 0 aliphatic carbocycles. The van der Waals surface area contributed by atoms with Gasteiger partial charge in [-0.25, -0.2) is 4.39 Å². The third-order valence-corrected chi connectivity index (χ3v) is 2.07. The van der Waals surface area contributed by atoms with E-state index in [2.05, 4.69) is 6.58 Å². The molecule has 1 rings (SSSR count). The van der Waals surface area contributed by atoms with Crippen LogP contribution in [0.15, 0.2) is 30.8 Å². The third kappa shape index (κ3) is 3.87. The van der Waals surface area contributed by atoms with Gasteiger partial charge in [-0.15, -0.1) is 0 Å². The van der Waals surface area contributed by atoms with Gasteiger partial charge in [-0.2, -0.15) is 0 Å². The van der Waals surface area contributed by atoms with Crippen molar-refractivity contribution >= 4 is 40.4 Å². The van der Waals surface area contributed by atoms with Gasteiger partial charge in [-0.1, -0.05) is 53.5 Å². The Morgan fingerprint density at radius 1 is 1.21 bits per heavy atom. The normalized spacial score (nSPS) is 11.4. The van der Waals surface area contributed by atoms with E-state index in [9.17, 15) is 4.39 Å². The lowest BCUT2D eigenvalue weighted by Crippen LogP contribution is -2.02. The molecule has 0 saturated heterocycles. The number of halogens is 4. The largest absolute Gasteiger partial charge is 0.207 e. The van der Waals surface area contributed by atoms with Crippen LogP contribution in [-0.4, -0.2) is 3.79 Å². The molecule has 76 valence electrons. The van der Waals surface area contributed by atoms with Crippen molar-refractivity contribution < 1.29 is 4.39 Å². The molecule has 0 spiro atoms. The van der Waals surface area contributed by atoms with E-state index in [1.807, 2.05) is 0 Å². The Labute approximate surface area is 97.3 Å². The van der Waals surface area contributed by atoms with Gasteiger partial charge in [0.1, 0.15) is 5.82 Å². The van der Waals surface area contributed by atoms with Crippen LogP contribution in [0.5, 0.6) is 0 Å². The molecule has 1 aromatic rings. The topological polar surface area (TPSA) is 0 Å². The standard InChI is InChI=1S/C10H8Cl3F/c1-7(6-10(11,12)13)8-2-4-9(14)5-3-8/h2-5H,1,6H2. The zero-order valence-electron chi connectivity index (χ0n) is 7.24. The van der Waals surface area contributed by atoms with Gasteiger partial charge < -0.3 is 0 Å². The Bertz CT molecular complexity index is 324. The summed E-state index contributed by atoms with van der Waals surface area (Å²) in [5, 5.41) is 0. The maximum Gasteiger partial charge on any atom is 0.194 e. The number of rotatable bonds is 2. The Hall–Kier alpha value is -0.240. The summed E-state index contributed by atoms with van der Waals surface area (Å²) in [4.78, 5) is 0. The monoisotopic (exact) mass is 252 g/mol. The first-order chi connectivity index (χ1) is 6.38. The Kier molecular flexibility index (Phi) is 3.82. The second kappa shape index (κ2) is 4.52. The van der Waals surface area contributed by atoms with Crippen molar-refractivity contribution in [2.45, 2.75) is 10.2 Å². The van der Waals surface area contributed by atoms with E-state index >= 15 is 0 Å². The fourth-order valence-electron chi connectivity index (χ4n) is 1.03. The van der Waals surface area contributed by atoms with Crippen LogP contribution in [0, 0.1) is 5.82 Å².